The van der Waals surface area contributed by atoms with Gasteiger partial charge in [-0.15, -0.1) is 0 Å². The van der Waals surface area contributed by atoms with Crippen molar-refractivity contribution in [2.45, 2.75) is 6.92 Å². The molecule has 3 N–H and O–H groups in total. The largest absolute Gasteiger partial charge is 0.368 e. The SMILES string of the molecule is Cc1ccccc1-c1ccnc2cc(N(C)CC(=O)NCC(N)=O)ccc12. The van der Waals surface area contributed by atoms with Crippen LogP contribution in [0.5, 0.6) is 0 Å². The van der Waals surface area contributed by atoms with Crippen LogP contribution in [0.4, 0.5) is 5.69 Å². The van der Waals surface area contributed by atoms with Gasteiger partial charge in [-0.3, -0.25) is 14.6 Å². The minimum absolute atomic E-state index is 0.121. The van der Waals surface area contributed by atoms with E-state index < -0.39 is 5.91 Å². The summed E-state index contributed by atoms with van der Waals surface area (Å²) in [6.07, 6.45) is 1.80. The summed E-state index contributed by atoms with van der Waals surface area (Å²) in [7, 11) is 1.82. The first-order valence-electron chi connectivity index (χ1n) is 8.66. The minimum atomic E-state index is -0.565. The predicted octanol–water partition coefficient (Wildman–Crippen LogP) is 2.25. The quantitative estimate of drug-likeness (QED) is 0.704. The average Bonchev–Trinajstić information content (AvgIpc) is 2.66. The zero-order valence-electron chi connectivity index (χ0n) is 15.4. The molecule has 3 aromatic rings. The number of fused-ring (bicyclic) bond motifs is 1. The summed E-state index contributed by atoms with van der Waals surface area (Å²) in [6.45, 7) is 2.05. The summed E-state index contributed by atoms with van der Waals surface area (Å²) < 4.78 is 0. The van der Waals surface area contributed by atoms with E-state index in [1.165, 1.54) is 11.1 Å². The molecule has 2 aromatic carbocycles. The van der Waals surface area contributed by atoms with E-state index in [2.05, 4.69) is 29.4 Å². The monoisotopic (exact) mass is 362 g/mol. The van der Waals surface area contributed by atoms with E-state index in [4.69, 9.17) is 5.73 Å². The molecule has 3 rings (SSSR count). The topological polar surface area (TPSA) is 88.3 Å². The number of hydrogen-bond donors (Lipinski definition) is 2. The number of hydrogen-bond acceptors (Lipinski definition) is 4. The lowest BCUT2D eigenvalue weighted by molar-refractivity contribution is -0.123. The maximum Gasteiger partial charge on any atom is 0.239 e. The lowest BCUT2D eigenvalue weighted by Gasteiger charge is -2.19. The molecule has 1 heterocycles. The first-order valence-corrected chi connectivity index (χ1v) is 8.66. The van der Waals surface area contributed by atoms with Gasteiger partial charge in [-0.25, -0.2) is 0 Å². The molecule has 0 radical (unpaired) electrons. The van der Waals surface area contributed by atoms with Crippen LogP contribution in [0.3, 0.4) is 0 Å². The first-order chi connectivity index (χ1) is 13.0. The highest BCUT2D eigenvalue weighted by atomic mass is 16.2. The summed E-state index contributed by atoms with van der Waals surface area (Å²) in [5, 5.41) is 3.54. The Morgan fingerprint density at radius 1 is 1.11 bits per heavy atom. The molecule has 0 aliphatic rings. The standard InChI is InChI=1S/C21H22N4O2/c1-14-5-3-4-6-16(14)17-9-10-23-19-11-15(7-8-18(17)19)25(2)13-21(27)24-12-20(22)26/h3-11H,12-13H2,1-2H3,(H2,22,26)(H,24,27). The number of nitrogens with zero attached hydrogens (tertiary/aromatic N) is 2. The number of benzene rings is 2. The molecular weight excluding hydrogens is 340 g/mol. The van der Waals surface area contributed by atoms with E-state index >= 15 is 0 Å². The summed E-state index contributed by atoms with van der Waals surface area (Å²) >= 11 is 0. The number of aryl methyl sites for hydroxylation is 1. The highest BCUT2D eigenvalue weighted by molar-refractivity contribution is 5.97. The van der Waals surface area contributed by atoms with Gasteiger partial charge in [0.05, 0.1) is 18.6 Å². The van der Waals surface area contributed by atoms with Gasteiger partial charge in [-0.2, -0.15) is 0 Å². The van der Waals surface area contributed by atoms with Gasteiger partial charge in [-0.05, 0) is 41.8 Å². The Morgan fingerprint density at radius 3 is 2.63 bits per heavy atom. The zero-order chi connectivity index (χ0) is 19.4. The van der Waals surface area contributed by atoms with Crippen LogP contribution >= 0.6 is 0 Å². The van der Waals surface area contributed by atoms with Crippen LogP contribution in [0, 0.1) is 6.92 Å². The summed E-state index contributed by atoms with van der Waals surface area (Å²) in [4.78, 5) is 29.0. The van der Waals surface area contributed by atoms with Crippen molar-refractivity contribution in [3.05, 3.63) is 60.3 Å². The van der Waals surface area contributed by atoms with Crippen molar-refractivity contribution in [3.8, 4) is 11.1 Å². The molecule has 0 spiro atoms. The number of anilines is 1. The van der Waals surface area contributed by atoms with Crippen LogP contribution < -0.4 is 16.0 Å². The average molecular weight is 362 g/mol. The van der Waals surface area contributed by atoms with Crippen molar-refractivity contribution in [1.29, 1.82) is 0 Å². The third-order valence-corrected chi connectivity index (χ3v) is 4.44. The Morgan fingerprint density at radius 2 is 1.89 bits per heavy atom. The maximum atomic E-state index is 11.9. The molecule has 27 heavy (non-hydrogen) atoms. The van der Waals surface area contributed by atoms with Crippen LogP contribution in [0.1, 0.15) is 5.56 Å². The van der Waals surface area contributed by atoms with Gasteiger partial charge in [-0.1, -0.05) is 30.3 Å². The minimum Gasteiger partial charge on any atom is -0.368 e. The van der Waals surface area contributed by atoms with E-state index in [1.807, 2.05) is 43.4 Å². The van der Waals surface area contributed by atoms with Gasteiger partial charge in [0.1, 0.15) is 0 Å². The molecule has 138 valence electrons. The molecular formula is C21H22N4O2. The third-order valence-electron chi connectivity index (χ3n) is 4.44. The van der Waals surface area contributed by atoms with Crippen molar-refractivity contribution in [3.63, 3.8) is 0 Å². The Balaban J connectivity index is 1.87. The van der Waals surface area contributed by atoms with Gasteiger partial charge >= 0.3 is 0 Å². The summed E-state index contributed by atoms with van der Waals surface area (Å²) in [6, 6.07) is 16.2. The highest BCUT2D eigenvalue weighted by Gasteiger charge is 2.11. The van der Waals surface area contributed by atoms with Crippen molar-refractivity contribution in [1.82, 2.24) is 10.3 Å². The second kappa shape index (κ2) is 7.86. The van der Waals surface area contributed by atoms with Crippen molar-refractivity contribution in [2.75, 3.05) is 25.0 Å². The van der Waals surface area contributed by atoms with Crippen LogP contribution in [0.2, 0.25) is 0 Å². The van der Waals surface area contributed by atoms with E-state index in [1.54, 1.807) is 11.1 Å². The fourth-order valence-corrected chi connectivity index (χ4v) is 3.03. The van der Waals surface area contributed by atoms with E-state index in [9.17, 15) is 9.59 Å². The second-order valence-electron chi connectivity index (χ2n) is 6.47. The van der Waals surface area contributed by atoms with Crippen molar-refractivity contribution < 1.29 is 9.59 Å². The second-order valence-corrected chi connectivity index (χ2v) is 6.47. The predicted molar refractivity (Wildman–Crippen MR) is 107 cm³/mol. The molecule has 0 aliphatic carbocycles. The number of nitrogens with one attached hydrogen (secondary N) is 1. The normalized spacial score (nSPS) is 10.6. The number of rotatable bonds is 6. The van der Waals surface area contributed by atoms with E-state index in [0.717, 1.165) is 22.2 Å². The Kier molecular flexibility index (Phi) is 5.35. The molecule has 0 aliphatic heterocycles. The molecule has 0 bridgehead atoms. The number of amides is 2. The van der Waals surface area contributed by atoms with Gasteiger partial charge in [0.25, 0.3) is 0 Å². The van der Waals surface area contributed by atoms with Gasteiger partial charge in [0, 0.05) is 24.3 Å². The molecule has 1 aromatic heterocycles. The van der Waals surface area contributed by atoms with Crippen LogP contribution in [-0.4, -0.2) is 36.9 Å². The van der Waals surface area contributed by atoms with E-state index in [0.29, 0.717) is 0 Å². The molecule has 0 unspecified atom stereocenters. The Hall–Kier alpha value is -3.41. The lowest BCUT2D eigenvalue weighted by atomic mass is 9.97. The molecule has 0 atom stereocenters. The highest BCUT2D eigenvalue weighted by Crippen LogP contribution is 2.31. The number of nitrogens with two attached hydrogens (primary N) is 1. The van der Waals surface area contributed by atoms with Gasteiger partial charge in [0.15, 0.2) is 0 Å². The number of aromatic nitrogens is 1. The van der Waals surface area contributed by atoms with E-state index in [-0.39, 0.29) is 19.0 Å². The number of likely N-dealkylation sites (N-methyl/N-ethyl adjacent to an activating group) is 1. The number of carbonyl (C=O) groups is 2. The first kappa shape index (κ1) is 18.4. The fraction of sp³-hybridized carbons (Fsp3) is 0.190. The van der Waals surface area contributed by atoms with Crippen LogP contribution in [-0.2, 0) is 9.59 Å². The van der Waals surface area contributed by atoms with Crippen molar-refractivity contribution in [2.24, 2.45) is 5.73 Å². The number of pyridine rings is 1. The molecule has 0 saturated carbocycles. The molecule has 0 fully saturated rings. The summed E-state index contributed by atoms with van der Waals surface area (Å²) in [5.41, 5.74) is 10.3. The Bertz CT molecular complexity index is 1000. The number of carbonyl (C=O) groups excluding carboxylic acids is 2. The van der Waals surface area contributed by atoms with Gasteiger partial charge < -0.3 is 16.0 Å². The Labute approximate surface area is 158 Å². The molecule has 6 heteroatoms. The van der Waals surface area contributed by atoms with Crippen molar-refractivity contribution >= 4 is 28.4 Å². The molecule has 2 amide bonds. The third kappa shape index (κ3) is 4.23. The zero-order valence-corrected chi connectivity index (χ0v) is 15.4. The maximum absolute atomic E-state index is 11.9. The summed E-state index contributed by atoms with van der Waals surface area (Å²) in [5.74, 6) is -0.831. The van der Waals surface area contributed by atoms with Gasteiger partial charge in [0.2, 0.25) is 11.8 Å². The lowest BCUT2D eigenvalue weighted by Crippen LogP contribution is -2.39. The van der Waals surface area contributed by atoms with Crippen LogP contribution in [0.15, 0.2) is 54.7 Å². The number of primary amides is 1. The fourth-order valence-electron chi connectivity index (χ4n) is 3.03. The smallest absolute Gasteiger partial charge is 0.239 e. The molecule has 6 nitrogen and oxygen atoms in total. The molecule has 0 saturated heterocycles. The van der Waals surface area contributed by atoms with Crippen LogP contribution in [0.25, 0.3) is 22.0 Å².